The number of amides is 1. The van der Waals surface area contributed by atoms with Crippen LogP contribution in [0.5, 0.6) is 0 Å². The van der Waals surface area contributed by atoms with Gasteiger partial charge in [-0.2, -0.15) is 4.31 Å². The fraction of sp³-hybridized carbons (Fsp3) is 0.250. The molecule has 0 atom stereocenters. The van der Waals surface area contributed by atoms with Gasteiger partial charge in [0.1, 0.15) is 5.02 Å². The summed E-state index contributed by atoms with van der Waals surface area (Å²) in [6.45, 7) is 0.0639. The normalized spacial score (nSPS) is 11.7. The zero-order chi connectivity index (χ0) is 28.7. The van der Waals surface area contributed by atoms with E-state index in [1.165, 1.54) is 13.2 Å². The second kappa shape index (κ2) is 13.1. The monoisotopic (exact) mass is 584 g/mol. The number of H-pyrrole nitrogens is 1. The third-order valence-electron chi connectivity index (χ3n) is 6.50. The summed E-state index contributed by atoms with van der Waals surface area (Å²) in [4.78, 5) is 28.8. The van der Waals surface area contributed by atoms with Crippen molar-refractivity contribution < 1.29 is 22.9 Å². The Bertz CT molecular complexity index is 1590. The third kappa shape index (κ3) is 6.86. The first-order valence-electron chi connectivity index (χ1n) is 12.5. The van der Waals surface area contributed by atoms with Crippen molar-refractivity contribution in [3.8, 4) is 0 Å². The van der Waals surface area contributed by atoms with Gasteiger partial charge in [-0.1, -0.05) is 60.1 Å². The third-order valence-corrected chi connectivity index (χ3v) is 8.66. The van der Waals surface area contributed by atoms with Crippen molar-refractivity contribution in [1.82, 2.24) is 14.2 Å². The van der Waals surface area contributed by atoms with Crippen molar-refractivity contribution in [3.05, 3.63) is 105 Å². The average molecular weight is 585 g/mol. The van der Waals surface area contributed by atoms with E-state index in [2.05, 4.69) is 4.98 Å². The molecule has 12 heteroatoms. The van der Waals surface area contributed by atoms with E-state index in [9.17, 15) is 23.3 Å². The molecule has 0 fully saturated rings. The van der Waals surface area contributed by atoms with Crippen molar-refractivity contribution in [3.63, 3.8) is 0 Å². The standard InChI is InChI=1S/C28H29ClN4O6S/c1-39-16-15-32(40(37,38)23-11-12-25(29)27(17-23)33(35)36)20-28(34)31(19-21-7-3-2-4-8-21)14-13-22-18-30-26-10-6-5-9-24(22)26/h2-12,17-18,30H,13-16,19-20H2,1H3. The molecule has 40 heavy (non-hydrogen) atoms. The van der Waals surface area contributed by atoms with Crippen LogP contribution in [0.1, 0.15) is 11.1 Å². The summed E-state index contributed by atoms with van der Waals surface area (Å²) in [7, 11) is -2.88. The molecule has 0 radical (unpaired) electrons. The van der Waals surface area contributed by atoms with Gasteiger partial charge >= 0.3 is 0 Å². The Kier molecular flexibility index (Phi) is 9.54. The number of fused-ring (bicyclic) bond motifs is 1. The highest BCUT2D eigenvalue weighted by molar-refractivity contribution is 7.89. The number of sulfonamides is 1. The largest absolute Gasteiger partial charge is 0.383 e. The van der Waals surface area contributed by atoms with Crippen molar-refractivity contribution in [2.75, 3.05) is 33.4 Å². The number of carbonyl (C=O) groups excluding carboxylic acids is 1. The van der Waals surface area contributed by atoms with Crippen LogP contribution >= 0.6 is 11.6 Å². The Morgan fingerprint density at radius 2 is 1.77 bits per heavy atom. The number of halogens is 1. The summed E-state index contributed by atoms with van der Waals surface area (Å²) in [6.07, 6.45) is 2.47. The smallest absolute Gasteiger partial charge is 0.289 e. The Morgan fingerprint density at radius 1 is 1.05 bits per heavy atom. The van der Waals surface area contributed by atoms with E-state index in [0.717, 1.165) is 38.5 Å². The molecule has 4 rings (SSSR count). The average Bonchev–Trinajstić information content (AvgIpc) is 3.36. The number of benzene rings is 3. The number of hydrogen-bond acceptors (Lipinski definition) is 6. The minimum absolute atomic E-state index is 0.0240. The molecule has 0 spiro atoms. The van der Waals surface area contributed by atoms with E-state index in [4.69, 9.17) is 16.3 Å². The topological polar surface area (TPSA) is 126 Å². The van der Waals surface area contributed by atoms with E-state index in [1.54, 1.807) is 4.90 Å². The molecule has 1 N–H and O–H groups in total. The van der Waals surface area contributed by atoms with Gasteiger partial charge in [-0.05, 0) is 35.7 Å². The van der Waals surface area contributed by atoms with Crippen LogP contribution in [-0.4, -0.2) is 66.8 Å². The Morgan fingerprint density at radius 3 is 2.50 bits per heavy atom. The molecule has 1 heterocycles. The lowest BCUT2D eigenvalue weighted by Crippen LogP contribution is -2.44. The number of aromatic nitrogens is 1. The van der Waals surface area contributed by atoms with Gasteiger partial charge in [0.2, 0.25) is 15.9 Å². The van der Waals surface area contributed by atoms with Gasteiger partial charge in [-0.15, -0.1) is 0 Å². The summed E-state index contributed by atoms with van der Waals surface area (Å²) < 4.78 is 33.2. The van der Waals surface area contributed by atoms with Crippen LogP contribution in [0.25, 0.3) is 10.9 Å². The molecule has 4 aromatic rings. The number of nitro groups is 1. The maximum atomic E-state index is 13.7. The minimum Gasteiger partial charge on any atom is -0.383 e. The molecule has 3 aromatic carbocycles. The lowest BCUT2D eigenvalue weighted by atomic mass is 10.1. The minimum atomic E-state index is -4.30. The zero-order valence-electron chi connectivity index (χ0n) is 21.8. The van der Waals surface area contributed by atoms with Gasteiger partial charge in [0.05, 0.1) is 23.0 Å². The number of carbonyl (C=O) groups is 1. The maximum absolute atomic E-state index is 13.7. The quantitative estimate of drug-likeness (QED) is 0.180. The highest BCUT2D eigenvalue weighted by Crippen LogP contribution is 2.28. The van der Waals surface area contributed by atoms with Crippen LogP contribution in [0.15, 0.2) is 83.9 Å². The molecule has 0 saturated carbocycles. The number of nitro benzene ring substituents is 1. The Hall–Kier alpha value is -3.77. The van der Waals surface area contributed by atoms with Crippen LogP contribution < -0.4 is 0 Å². The van der Waals surface area contributed by atoms with E-state index >= 15 is 0 Å². The number of rotatable bonds is 13. The second-order valence-corrected chi connectivity index (χ2v) is 11.5. The fourth-order valence-corrected chi connectivity index (χ4v) is 5.94. The van der Waals surface area contributed by atoms with E-state index in [0.29, 0.717) is 13.0 Å². The van der Waals surface area contributed by atoms with Gasteiger partial charge < -0.3 is 14.6 Å². The molecule has 0 aliphatic carbocycles. The fourth-order valence-electron chi connectivity index (χ4n) is 4.36. The first-order chi connectivity index (χ1) is 19.2. The summed E-state index contributed by atoms with van der Waals surface area (Å²) in [5.74, 6) is -0.410. The molecule has 1 amide bonds. The summed E-state index contributed by atoms with van der Waals surface area (Å²) in [5.41, 5.74) is 2.39. The molecular weight excluding hydrogens is 556 g/mol. The van der Waals surface area contributed by atoms with E-state index in [1.807, 2.05) is 60.8 Å². The molecule has 0 aliphatic rings. The number of para-hydroxylation sites is 1. The lowest BCUT2D eigenvalue weighted by molar-refractivity contribution is -0.384. The predicted molar refractivity (Wildman–Crippen MR) is 153 cm³/mol. The SMILES string of the molecule is COCCN(CC(=O)N(CCc1c[nH]c2ccccc12)Cc1ccccc1)S(=O)(=O)c1ccc(Cl)c([N+](=O)[O-])c1. The maximum Gasteiger partial charge on any atom is 0.289 e. The van der Waals surface area contributed by atoms with Gasteiger partial charge in [0, 0.05) is 49.9 Å². The number of hydrogen-bond donors (Lipinski definition) is 1. The van der Waals surface area contributed by atoms with Crippen molar-refractivity contribution >= 4 is 44.1 Å². The molecule has 210 valence electrons. The molecule has 0 unspecified atom stereocenters. The molecule has 0 bridgehead atoms. The van der Waals surface area contributed by atoms with Gasteiger partial charge in [-0.3, -0.25) is 14.9 Å². The van der Waals surface area contributed by atoms with Crippen LogP contribution in [0.4, 0.5) is 5.69 Å². The lowest BCUT2D eigenvalue weighted by Gasteiger charge is -2.27. The van der Waals surface area contributed by atoms with Gasteiger partial charge in [0.15, 0.2) is 0 Å². The highest BCUT2D eigenvalue weighted by Gasteiger charge is 2.30. The predicted octanol–water partition coefficient (Wildman–Crippen LogP) is 4.64. The van der Waals surface area contributed by atoms with Crippen molar-refractivity contribution in [2.24, 2.45) is 0 Å². The van der Waals surface area contributed by atoms with Gasteiger partial charge in [-0.25, -0.2) is 8.42 Å². The first kappa shape index (κ1) is 29.2. The number of aromatic amines is 1. The zero-order valence-corrected chi connectivity index (χ0v) is 23.4. The Balaban J connectivity index is 1.60. The summed E-state index contributed by atoms with van der Waals surface area (Å²) in [6, 6.07) is 20.6. The number of nitrogens with zero attached hydrogens (tertiary/aromatic N) is 3. The van der Waals surface area contributed by atoms with Crippen LogP contribution in [0.3, 0.4) is 0 Å². The first-order valence-corrected chi connectivity index (χ1v) is 14.3. The van der Waals surface area contributed by atoms with Crippen LogP contribution in [-0.2, 0) is 32.5 Å². The number of ether oxygens (including phenoxy) is 1. The number of methoxy groups -OCH3 is 1. The second-order valence-electron chi connectivity index (χ2n) is 9.11. The van der Waals surface area contributed by atoms with Crippen molar-refractivity contribution in [1.29, 1.82) is 0 Å². The highest BCUT2D eigenvalue weighted by atomic mass is 35.5. The summed E-state index contributed by atoms with van der Waals surface area (Å²) in [5, 5.41) is 12.2. The Labute approximate surface area is 237 Å². The molecule has 1 aromatic heterocycles. The molecule has 10 nitrogen and oxygen atoms in total. The molecule has 0 saturated heterocycles. The summed E-state index contributed by atoms with van der Waals surface area (Å²) >= 11 is 5.89. The van der Waals surface area contributed by atoms with E-state index < -0.39 is 33.1 Å². The van der Waals surface area contributed by atoms with Crippen LogP contribution in [0, 0.1) is 10.1 Å². The molecule has 0 aliphatic heterocycles. The number of nitrogens with one attached hydrogen (secondary N) is 1. The van der Waals surface area contributed by atoms with Crippen molar-refractivity contribution in [2.45, 2.75) is 17.9 Å². The van der Waals surface area contributed by atoms with Crippen LogP contribution in [0.2, 0.25) is 5.02 Å². The van der Waals surface area contributed by atoms with Gasteiger partial charge in [0.25, 0.3) is 5.69 Å². The molecular formula is C28H29ClN4O6S. The van der Waals surface area contributed by atoms with E-state index in [-0.39, 0.29) is 29.6 Å².